The molecule has 3 aromatic rings. The van der Waals surface area contributed by atoms with Crippen LogP contribution in [-0.2, 0) is 4.74 Å². The van der Waals surface area contributed by atoms with Crippen LogP contribution in [0.1, 0.15) is 29.2 Å². The van der Waals surface area contributed by atoms with Crippen molar-refractivity contribution in [1.29, 1.82) is 5.26 Å². The Labute approximate surface area is 165 Å². The number of allylic oxidation sites excluding steroid dienone is 3. The number of nitrogens with zero attached hydrogens (tertiary/aromatic N) is 2. The van der Waals surface area contributed by atoms with Gasteiger partial charge >= 0.3 is 0 Å². The SMILES string of the molecule is COC1=CCC(n2cc(-c3cccc(N)c3C)c3cc(C#N)cc(C)c32)C=C1. The summed E-state index contributed by atoms with van der Waals surface area (Å²) < 4.78 is 7.64. The second-order valence-corrected chi connectivity index (χ2v) is 7.24. The Balaban J connectivity index is 1.98. The Morgan fingerprint density at radius 2 is 2.04 bits per heavy atom. The Morgan fingerprint density at radius 3 is 2.71 bits per heavy atom. The molecule has 0 radical (unpaired) electrons. The molecule has 0 saturated heterocycles. The minimum absolute atomic E-state index is 0.197. The number of rotatable bonds is 3. The summed E-state index contributed by atoms with van der Waals surface area (Å²) in [4.78, 5) is 0. The lowest BCUT2D eigenvalue weighted by atomic mass is 9.97. The van der Waals surface area contributed by atoms with E-state index in [2.05, 4.69) is 42.0 Å². The van der Waals surface area contributed by atoms with Crippen molar-refractivity contribution >= 4 is 16.6 Å². The first-order valence-corrected chi connectivity index (χ1v) is 9.36. The number of nitrogen functional groups attached to an aromatic ring is 1. The van der Waals surface area contributed by atoms with Crippen LogP contribution in [0.5, 0.6) is 0 Å². The average Bonchev–Trinajstić information content (AvgIpc) is 3.10. The van der Waals surface area contributed by atoms with Gasteiger partial charge in [-0.3, -0.25) is 0 Å². The normalized spacial score (nSPS) is 16.1. The van der Waals surface area contributed by atoms with Crippen molar-refractivity contribution in [3.63, 3.8) is 0 Å². The fourth-order valence-corrected chi connectivity index (χ4v) is 4.03. The largest absolute Gasteiger partial charge is 0.497 e. The van der Waals surface area contributed by atoms with Crippen molar-refractivity contribution in [2.24, 2.45) is 0 Å². The molecule has 4 heteroatoms. The van der Waals surface area contributed by atoms with Crippen LogP contribution in [0.25, 0.3) is 22.0 Å². The number of aromatic nitrogens is 1. The van der Waals surface area contributed by atoms with Crippen LogP contribution in [0.2, 0.25) is 0 Å². The zero-order valence-electron chi connectivity index (χ0n) is 16.4. The fraction of sp³-hybridized carbons (Fsp3) is 0.208. The van der Waals surface area contributed by atoms with Gasteiger partial charge in [-0.05, 0) is 67.3 Å². The Kier molecular flexibility index (Phi) is 4.44. The molecular formula is C24H23N3O. The number of benzene rings is 2. The number of hydrogen-bond acceptors (Lipinski definition) is 3. The van der Waals surface area contributed by atoms with E-state index in [-0.39, 0.29) is 6.04 Å². The number of aryl methyl sites for hydroxylation is 1. The van der Waals surface area contributed by atoms with Gasteiger partial charge < -0.3 is 15.0 Å². The molecule has 28 heavy (non-hydrogen) atoms. The minimum atomic E-state index is 0.197. The molecule has 2 aromatic carbocycles. The third-order valence-corrected chi connectivity index (χ3v) is 5.55. The molecule has 140 valence electrons. The lowest BCUT2D eigenvalue weighted by Crippen LogP contribution is -2.08. The molecule has 0 fully saturated rings. The highest BCUT2D eigenvalue weighted by Gasteiger charge is 2.20. The van der Waals surface area contributed by atoms with E-state index in [0.29, 0.717) is 5.56 Å². The van der Waals surface area contributed by atoms with Crippen LogP contribution in [0.4, 0.5) is 5.69 Å². The van der Waals surface area contributed by atoms with Gasteiger partial charge in [-0.25, -0.2) is 0 Å². The fourth-order valence-electron chi connectivity index (χ4n) is 4.03. The molecule has 4 nitrogen and oxygen atoms in total. The third-order valence-electron chi connectivity index (χ3n) is 5.55. The van der Waals surface area contributed by atoms with E-state index < -0.39 is 0 Å². The van der Waals surface area contributed by atoms with E-state index in [1.54, 1.807) is 7.11 Å². The predicted molar refractivity (Wildman–Crippen MR) is 114 cm³/mol. The molecular weight excluding hydrogens is 346 g/mol. The van der Waals surface area contributed by atoms with Gasteiger partial charge in [0.15, 0.2) is 0 Å². The van der Waals surface area contributed by atoms with Crippen molar-refractivity contribution in [1.82, 2.24) is 4.57 Å². The minimum Gasteiger partial charge on any atom is -0.497 e. The number of anilines is 1. The molecule has 0 aliphatic heterocycles. The summed E-state index contributed by atoms with van der Waals surface area (Å²) in [6.07, 6.45) is 9.36. The van der Waals surface area contributed by atoms with E-state index in [1.807, 2.05) is 37.3 Å². The Hall–Kier alpha value is -3.45. The van der Waals surface area contributed by atoms with Gasteiger partial charge in [0.2, 0.25) is 0 Å². The van der Waals surface area contributed by atoms with E-state index in [0.717, 1.165) is 51.0 Å². The number of hydrogen-bond donors (Lipinski definition) is 1. The summed E-state index contributed by atoms with van der Waals surface area (Å²) in [6, 6.07) is 12.4. The maximum Gasteiger partial charge on any atom is 0.114 e. The lowest BCUT2D eigenvalue weighted by molar-refractivity contribution is 0.301. The van der Waals surface area contributed by atoms with Gasteiger partial charge in [0.1, 0.15) is 5.76 Å². The molecule has 4 rings (SSSR count). The molecule has 0 amide bonds. The summed E-state index contributed by atoms with van der Waals surface area (Å²) in [5, 5.41) is 10.6. The lowest BCUT2D eigenvalue weighted by Gasteiger charge is -2.19. The van der Waals surface area contributed by atoms with Crippen molar-refractivity contribution < 1.29 is 4.74 Å². The number of nitriles is 1. The molecule has 1 aliphatic carbocycles. The van der Waals surface area contributed by atoms with E-state index in [1.165, 1.54) is 0 Å². The second-order valence-electron chi connectivity index (χ2n) is 7.24. The zero-order chi connectivity index (χ0) is 19.8. The highest BCUT2D eigenvalue weighted by molar-refractivity contribution is 5.99. The number of ether oxygens (including phenoxy) is 1. The van der Waals surface area contributed by atoms with Crippen molar-refractivity contribution in [3.05, 3.63) is 77.2 Å². The maximum absolute atomic E-state index is 9.48. The van der Waals surface area contributed by atoms with Crippen molar-refractivity contribution in [2.75, 3.05) is 12.8 Å². The molecule has 0 saturated carbocycles. The second kappa shape index (κ2) is 6.94. The van der Waals surface area contributed by atoms with Crippen molar-refractivity contribution in [2.45, 2.75) is 26.3 Å². The molecule has 1 atom stereocenters. The molecule has 1 heterocycles. The monoisotopic (exact) mass is 369 g/mol. The Bertz CT molecular complexity index is 1170. The summed E-state index contributed by atoms with van der Waals surface area (Å²) in [5.41, 5.74) is 13.1. The number of fused-ring (bicyclic) bond motifs is 1. The Morgan fingerprint density at radius 1 is 1.21 bits per heavy atom. The van der Waals surface area contributed by atoms with E-state index in [4.69, 9.17) is 10.5 Å². The van der Waals surface area contributed by atoms with Gasteiger partial charge in [0, 0.05) is 22.8 Å². The van der Waals surface area contributed by atoms with E-state index >= 15 is 0 Å². The van der Waals surface area contributed by atoms with Crippen LogP contribution in [-0.4, -0.2) is 11.7 Å². The van der Waals surface area contributed by atoms with Gasteiger partial charge in [-0.1, -0.05) is 18.2 Å². The first-order valence-electron chi connectivity index (χ1n) is 9.36. The molecule has 0 bridgehead atoms. The highest BCUT2D eigenvalue weighted by Crippen LogP contribution is 2.39. The topological polar surface area (TPSA) is 64.0 Å². The van der Waals surface area contributed by atoms with Crippen LogP contribution in [0.15, 0.2) is 60.5 Å². The standard InChI is InChI=1S/C24H23N3O/c1-15-11-17(13-25)12-21-22(20-5-4-6-23(26)16(20)2)14-27(24(15)21)18-7-9-19(28-3)10-8-18/h4-7,9-12,14,18H,8,26H2,1-3H3. The third kappa shape index (κ3) is 2.86. The van der Waals surface area contributed by atoms with Crippen LogP contribution in [0.3, 0.4) is 0 Å². The summed E-state index contributed by atoms with van der Waals surface area (Å²) in [7, 11) is 1.69. The molecule has 0 spiro atoms. The first-order chi connectivity index (χ1) is 13.5. The average molecular weight is 369 g/mol. The summed E-state index contributed by atoms with van der Waals surface area (Å²) >= 11 is 0. The highest BCUT2D eigenvalue weighted by atomic mass is 16.5. The van der Waals surface area contributed by atoms with Gasteiger partial charge in [-0.15, -0.1) is 0 Å². The molecule has 2 N–H and O–H groups in total. The molecule has 1 aromatic heterocycles. The number of nitrogens with two attached hydrogens (primary N) is 1. The number of methoxy groups -OCH3 is 1. The van der Waals surface area contributed by atoms with Gasteiger partial charge in [0.25, 0.3) is 0 Å². The summed E-state index contributed by atoms with van der Waals surface area (Å²) in [6.45, 7) is 4.11. The quantitative estimate of drug-likeness (QED) is 0.628. The maximum atomic E-state index is 9.48. The summed E-state index contributed by atoms with van der Waals surface area (Å²) in [5.74, 6) is 0.892. The van der Waals surface area contributed by atoms with Crippen LogP contribution < -0.4 is 5.73 Å². The zero-order valence-corrected chi connectivity index (χ0v) is 16.4. The first kappa shape index (κ1) is 17.9. The predicted octanol–water partition coefficient (Wildman–Crippen LogP) is 5.41. The van der Waals surface area contributed by atoms with Crippen LogP contribution in [0, 0.1) is 25.2 Å². The van der Waals surface area contributed by atoms with E-state index in [9.17, 15) is 5.26 Å². The smallest absolute Gasteiger partial charge is 0.114 e. The van der Waals surface area contributed by atoms with Gasteiger partial charge in [-0.2, -0.15) is 5.26 Å². The van der Waals surface area contributed by atoms with Crippen molar-refractivity contribution in [3.8, 4) is 17.2 Å². The van der Waals surface area contributed by atoms with Crippen LogP contribution >= 0.6 is 0 Å². The molecule has 1 aliphatic rings. The molecule has 1 unspecified atom stereocenters. The van der Waals surface area contributed by atoms with Gasteiger partial charge in [0.05, 0.1) is 30.3 Å².